The minimum absolute atomic E-state index is 0.481. The minimum Gasteiger partial charge on any atom is -0.390 e. The quantitative estimate of drug-likeness (QED) is 0.633. The van der Waals surface area contributed by atoms with Gasteiger partial charge in [-0.2, -0.15) is 0 Å². The van der Waals surface area contributed by atoms with Gasteiger partial charge in [0.25, 0.3) is 0 Å². The molecule has 0 radical (unpaired) electrons. The first kappa shape index (κ1) is 10.8. The molecular weight excluding hydrogens is 258 g/mol. The summed E-state index contributed by atoms with van der Waals surface area (Å²) in [5.41, 5.74) is 15.8. The lowest BCUT2D eigenvalue weighted by atomic mass is 10.1. The number of imidazole rings is 1. The monoisotopic (exact) mass is 271 g/mol. The number of hydrogen-bond acceptors (Lipinski definition) is 5. The van der Waals surface area contributed by atoms with Gasteiger partial charge >= 0.3 is 0 Å². The summed E-state index contributed by atoms with van der Waals surface area (Å²) in [5.74, 6) is 1.29. The molecule has 0 unspecified atom stereocenters. The van der Waals surface area contributed by atoms with Crippen LogP contribution in [0.15, 0.2) is 12.1 Å². The fourth-order valence-electron chi connectivity index (χ4n) is 2.71. The Morgan fingerprint density at radius 1 is 1.16 bits per heavy atom. The highest BCUT2D eigenvalue weighted by molar-refractivity contribution is 7.16. The van der Waals surface area contributed by atoms with E-state index in [1.807, 2.05) is 6.07 Å². The van der Waals surface area contributed by atoms with Crippen molar-refractivity contribution in [3.05, 3.63) is 22.6 Å². The van der Waals surface area contributed by atoms with Gasteiger partial charge in [-0.25, -0.2) is 9.97 Å². The Morgan fingerprint density at radius 3 is 2.95 bits per heavy atom. The first-order valence-electron chi connectivity index (χ1n) is 6.25. The number of aromatic nitrogens is 3. The van der Waals surface area contributed by atoms with Gasteiger partial charge in [-0.05, 0) is 37.0 Å². The van der Waals surface area contributed by atoms with E-state index in [0.29, 0.717) is 11.5 Å². The predicted octanol–water partition coefficient (Wildman–Crippen LogP) is 2.34. The van der Waals surface area contributed by atoms with E-state index in [9.17, 15) is 0 Å². The molecule has 96 valence electrons. The lowest BCUT2D eigenvalue weighted by molar-refractivity contribution is 0.915. The highest BCUT2D eigenvalue weighted by atomic mass is 32.1. The number of hydrogen-bond donors (Lipinski definition) is 3. The van der Waals surface area contributed by atoms with Crippen molar-refractivity contribution in [3.8, 4) is 11.4 Å². The van der Waals surface area contributed by atoms with Crippen LogP contribution in [0.5, 0.6) is 0 Å². The van der Waals surface area contributed by atoms with E-state index >= 15 is 0 Å². The Kier molecular flexibility index (Phi) is 2.11. The van der Waals surface area contributed by atoms with Crippen LogP contribution in [0.2, 0.25) is 0 Å². The van der Waals surface area contributed by atoms with Gasteiger partial charge in [0.15, 0.2) is 5.65 Å². The molecule has 0 aliphatic heterocycles. The van der Waals surface area contributed by atoms with E-state index in [1.54, 1.807) is 17.4 Å². The number of nitrogen functional groups attached to an aromatic ring is 2. The number of pyridine rings is 1. The average molecular weight is 271 g/mol. The summed E-state index contributed by atoms with van der Waals surface area (Å²) in [7, 11) is 0. The highest BCUT2D eigenvalue weighted by Crippen LogP contribution is 2.42. The molecule has 0 bridgehead atoms. The van der Waals surface area contributed by atoms with Gasteiger partial charge in [0.05, 0.1) is 16.1 Å². The number of aromatic amines is 1. The van der Waals surface area contributed by atoms with E-state index in [0.717, 1.165) is 34.7 Å². The number of nitrogens with zero attached hydrogens (tertiary/aromatic N) is 2. The van der Waals surface area contributed by atoms with E-state index < -0.39 is 0 Å². The maximum Gasteiger partial charge on any atom is 0.180 e. The van der Waals surface area contributed by atoms with Crippen molar-refractivity contribution in [1.29, 1.82) is 0 Å². The molecule has 0 saturated heterocycles. The summed E-state index contributed by atoms with van der Waals surface area (Å²) in [5, 5.41) is 0.844. The first-order valence-corrected chi connectivity index (χ1v) is 7.06. The summed E-state index contributed by atoms with van der Waals surface area (Å²) in [6, 6.07) is 3.67. The third kappa shape index (κ3) is 1.53. The zero-order chi connectivity index (χ0) is 13.0. The summed E-state index contributed by atoms with van der Waals surface area (Å²) >= 11 is 1.68. The topological polar surface area (TPSA) is 93.6 Å². The molecule has 0 saturated carbocycles. The van der Waals surface area contributed by atoms with E-state index in [4.69, 9.17) is 11.5 Å². The van der Waals surface area contributed by atoms with Gasteiger partial charge < -0.3 is 16.5 Å². The van der Waals surface area contributed by atoms with Crippen LogP contribution in [0.3, 0.4) is 0 Å². The average Bonchev–Trinajstić information content (AvgIpc) is 3.01. The van der Waals surface area contributed by atoms with Gasteiger partial charge in [-0.15, -0.1) is 11.3 Å². The molecule has 3 heterocycles. The number of fused-ring (bicyclic) bond motifs is 2. The Hall–Kier alpha value is -2.08. The van der Waals surface area contributed by atoms with E-state index in [-0.39, 0.29) is 0 Å². The van der Waals surface area contributed by atoms with E-state index in [2.05, 4.69) is 15.0 Å². The Bertz CT molecular complexity index is 786. The normalized spacial score (nSPS) is 14.1. The Balaban J connectivity index is 1.95. The largest absolute Gasteiger partial charge is 0.390 e. The zero-order valence-electron chi connectivity index (χ0n) is 10.2. The van der Waals surface area contributed by atoms with Crippen molar-refractivity contribution in [2.24, 2.45) is 0 Å². The lowest BCUT2D eigenvalue weighted by Crippen LogP contribution is -1.90. The number of anilines is 2. The van der Waals surface area contributed by atoms with Gasteiger partial charge in [0.2, 0.25) is 0 Å². The van der Waals surface area contributed by atoms with Gasteiger partial charge in [0, 0.05) is 4.88 Å². The third-order valence-corrected chi connectivity index (χ3v) is 4.67. The smallest absolute Gasteiger partial charge is 0.180 e. The van der Waals surface area contributed by atoms with Crippen LogP contribution in [0.25, 0.3) is 22.6 Å². The Morgan fingerprint density at radius 2 is 2.05 bits per heavy atom. The molecule has 5 nitrogen and oxygen atoms in total. The molecule has 1 aliphatic rings. The van der Waals surface area contributed by atoms with Crippen molar-refractivity contribution in [2.45, 2.75) is 19.3 Å². The van der Waals surface area contributed by atoms with Crippen LogP contribution in [0.4, 0.5) is 10.8 Å². The maximum atomic E-state index is 6.15. The van der Waals surface area contributed by atoms with Crippen molar-refractivity contribution in [2.75, 3.05) is 11.5 Å². The first-order chi connectivity index (χ1) is 9.22. The van der Waals surface area contributed by atoms with Crippen molar-refractivity contribution in [1.82, 2.24) is 15.0 Å². The predicted molar refractivity (Wildman–Crippen MR) is 78.1 cm³/mol. The second-order valence-corrected chi connectivity index (χ2v) is 5.93. The van der Waals surface area contributed by atoms with Crippen LogP contribution < -0.4 is 11.5 Å². The number of nitrogens with one attached hydrogen (secondary N) is 1. The lowest BCUT2D eigenvalue weighted by Gasteiger charge is -1.98. The zero-order valence-corrected chi connectivity index (χ0v) is 11.0. The van der Waals surface area contributed by atoms with Gasteiger partial charge in [-0.1, -0.05) is 0 Å². The second-order valence-electron chi connectivity index (χ2n) is 4.79. The van der Waals surface area contributed by atoms with Crippen LogP contribution in [0, 0.1) is 0 Å². The van der Waals surface area contributed by atoms with Crippen LogP contribution in [0.1, 0.15) is 16.9 Å². The summed E-state index contributed by atoms with van der Waals surface area (Å²) in [6.45, 7) is 0. The molecular formula is C13H13N5S. The molecule has 6 heteroatoms. The SMILES string of the molecule is Nc1ccc2[nH]c(-c3c(N)sc4c3CCC4)nc2n1. The Labute approximate surface area is 113 Å². The summed E-state index contributed by atoms with van der Waals surface area (Å²) in [4.78, 5) is 13.5. The van der Waals surface area contributed by atoms with Crippen LogP contribution in [-0.2, 0) is 12.8 Å². The summed E-state index contributed by atoms with van der Waals surface area (Å²) < 4.78 is 0. The fourth-order valence-corrected chi connectivity index (χ4v) is 3.87. The van der Waals surface area contributed by atoms with Crippen molar-refractivity contribution < 1.29 is 0 Å². The maximum absolute atomic E-state index is 6.15. The molecule has 0 spiro atoms. The minimum atomic E-state index is 0.481. The fraction of sp³-hybridized carbons (Fsp3) is 0.231. The molecule has 1 aliphatic carbocycles. The molecule has 3 aromatic heterocycles. The number of nitrogens with two attached hydrogens (primary N) is 2. The molecule has 19 heavy (non-hydrogen) atoms. The van der Waals surface area contributed by atoms with Gasteiger partial charge in [0.1, 0.15) is 11.6 Å². The summed E-state index contributed by atoms with van der Waals surface area (Å²) in [6.07, 6.45) is 3.43. The van der Waals surface area contributed by atoms with Crippen molar-refractivity contribution in [3.63, 3.8) is 0 Å². The molecule has 0 aromatic carbocycles. The second kappa shape index (κ2) is 3.71. The molecule has 3 aromatic rings. The molecule has 4 rings (SSSR count). The number of rotatable bonds is 1. The number of aryl methyl sites for hydroxylation is 1. The van der Waals surface area contributed by atoms with E-state index in [1.165, 1.54) is 16.9 Å². The highest BCUT2D eigenvalue weighted by Gasteiger charge is 2.23. The van der Waals surface area contributed by atoms with Crippen LogP contribution >= 0.6 is 11.3 Å². The molecule has 5 N–H and O–H groups in total. The van der Waals surface area contributed by atoms with Crippen molar-refractivity contribution >= 4 is 33.3 Å². The number of thiophene rings is 1. The molecule has 0 atom stereocenters. The molecule has 0 amide bonds. The standard InChI is InChI=1S/C13H13N5S/c14-9-5-4-7-12(17-9)18-13(16-7)10-6-2-1-3-8(6)19-11(10)15/h4-5H,1-3,15H2,(H3,14,16,17,18). The van der Waals surface area contributed by atoms with Gasteiger partial charge in [-0.3, -0.25) is 0 Å². The third-order valence-electron chi connectivity index (χ3n) is 3.55. The van der Waals surface area contributed by atoms with Crippen LogP contribution in [-0.4, -0.2) is 15.0 Å². The number of H-pyrrole nitrogens is 1. The molecule has 0 fully saturated rings.